The Labute approximate surface area is 125 Å². The van der Waals surface area contributed by atoms with Gasteiger partial charge in [-0.15, -0.1) is 0 Å². The Balaban J connectivity index is 1.67. The van der Waals surface area contributed by atoms with Crippen molar-refractivity contribution in [3.8, 4) is 11.8 Å². The summed E-state index contributed by atoms with van der Waals surface area (Å²) in [5.41, 5.74) is 5.89. The molecule has 1 fully saturated rings. The molecule has 0 bridgehead atoms. The van der Waals surface area contributed by atoms with Crippen LogP contribution in [-0.2, 0) is 4.79 Å². The summed E-state index contributed by atoms with van der Waals surface area (Å²) in [5.74, 6) is 0.513. The van der Waals surface area contributed by atoms with Gasteiger partial charge in [0.05, 0.1) is 12.2 Å². The van der Waals surface area contributed by atoms with Gasteiger partial charge >= 0.3 is 0 Å². The molecule has 2 rings (SSSR count). The predicted molar refractivity (Wildman–Crippen MR) is 79.6 cm³/mol. The number of piperidine rings is 1. The van der Waals surface area contributed by atoms with E-state index in [1.165, 1.54) is 0 Å². The Hall–Kier alpha value is -2.06. The number of para-hydroxylation sites is 1. The van der Waals surface area contributed by atoms with Gasteiger partial charge in [-0.3, -0.25) is 4.79 Å². The summed E-state index contributed by atoms with van der Waals surface area (Å²) in [5, 5.41) is 8.97. The zero-order valence-electron chi connectivity index (χ0n) is 12.1. The molecule has 1 heterocycles. The molecule has 0 radical (unpaired) electrons. The molecule has 5 heteroatoms. The van der Waals surface area contributed by atoms with Crippen LogP contribution in [0.4, 0.5) is 0 Å². The molecule has 5 nitrogen and oxygen atoms in total. The molecule has 0 aliphatic carbocycles. The number of nitriles is 1. The van der Waals surface area contributed by atoms with Gasteiger partial charge in [0.25, 0.3) is 0 Å². The van der Waals surface area contributed by atoms with E-state index in [1.54, 1.807) is 6.07 Å². The molecule has 0 saturated carbocycles. The highest BCUT2D eigenvalue weighted by Crippen LogP contribution is 2.18. The van der Waals surface area contributed by atoms with Crippen LogP contribution in [0.15, 0.2) is 24.3 Å². The van der Waals surface area contributed by atoms with E-state index < -0.39 is 0 Å². The molecule has 0 unspecified atom stereocenters. The van der Waals surface area contributed by atoms with Crippen molar-refractivity contribution >= 4 is 5.91 Å². The van der Waals surface area contributed by atoms with Crippen LogP contribution in [0, 0.1) is 17.2 Å². The Morgan fingerprint density at radius 2 is 2.10 bits per heavy atom. The number of nitrogens with two attached hydrogens (primary N) is 1. The number of hydrogen-bond acceptors (Lipinski definition) is 4. The van der Waals surface area contributed by atoms with Gasteiger partial charge in [-0.2, -0.15) is 5.26 Å². The maximum Gasteiger partial charge on any atom is 0.220 e. The summed E-state index contributed by atoms with van der Waals surface area (Å²) in [6, 6.07) is 9.39. The second-order valence-electron chi connectivity index (χ2n) is 5.33. The molecular weight excluding hydrogens is 266 g/mol. The Morgan fingerprint density at radius 1 is 1.38 bits per heavy atom. The van der Waals surface area contributed by atoms with Crippen LogP contribution >= 0.6 is 0 Å². The highest BCUT2D eigenvalue weighted by Gasteiger charge is 2.22. The Bertz CT molecular complexity index is 516. The molecule has 1 aliphatic heterocycles. The summed E-state index contributed by atoms with van der Waals surface area (Å²) in [6.45, 7) is 3.37. The van der Waals surface area contributed by atoms with Crippen molar-refractivity contribution in [2.75, 3.05) is 26.2 Å². The lowest BCUT2D eigenvalue weighted by Crippen LogP contribution is -2.39. The van der Waals surface area contributed by atoms with Gasteiger partial charge in [-0.25, -0.2) is 0 Å². The minimum atomic E-state index is -0.175. The molecule has 0 spiro atoms. The van der Waals surface area contributed by atoms with Crippen molar-refractivity contribution in [3.63, 3.8) is 0 Å². The molecule has 21 heavy (non-hydrogen) atoms. The van der Waals surface area contributed by atoms with Crippen LogP contribution in [0.2, 0.25) is 0 Å². The van der Waals surface area contributed by atoms with Gasteiger partial charge in [0.1, 0.15) is 11.8 Å². The average molecular weight is 287 g/mol. The molecule has 1 saturated heterocycles. The molecule has 112 valence electrons. The van der Waals surface area contributed by atoms with Crippen LogP contribution in [0.25, 0.3) is 0 Å². The van der Waals surface area contributed by atoms with E-state index in [0.717, 1.165) is 38.9 Å². The number of rotatable bonds is 6. The van der Waals surface area contributed by atoms with Crippen LogP contribution in [0.3, 0.4) is 0 Å². The molecular formula is C16H21N3O2. The quantitative estimate of drug-likeness (QED) is 0.805. The lowest BCUT2D eigenvalue weighted by atomic mass is 9.96. The predicted octanol–water partition coefficient (Wildman–Crippen LogP) is 1.52. The number of hydrogen-bond donors (Lipinski definition) is 1. The van der Waals surface area contributed by atoms with Gasteiger partial charge < -0.3 is 15.4 Å². The van der Waals surface area contributed by atoms with Gasteiger partial charge in [-0.05, 0) is 44.5 Å². The van der Waals surface area contributed by atoms with Crippen molar-refractivity contribution in [1.29, 1.82) is 5.26 Å². The number of benzene rings is 1. The number of carbonyl (C=O) groups excluding carboxylic acids is 1. The summed E-state index contributed by atoms with van der Waals surface area (Å²) >= 11 is 0. The van der Waals surface area contributed by atoms with E-state index in [4.69, 9.17) is 15.7 Å². The van der Waals surface area contributed by atoms with E-state index >= 15 is 0 Å². The number of primary amides is 1. The first-order chi connectivity index (χ1) is 10.2. The van der Waals surface area contributed by atoms with Gasteiger partial charge in [-0.1, -0.05) is 12.1 Å². The second kappa shape index (κ2) is 7.65. The molecule has 2 N–H and O–H groups in total. The third kappa shape index (κ3) is 4.47. The average Bonchev–Trinajstić information content (AvgIpc) is 2.52. The van der Waals surface area contributed by atoms with Crippen molar-refractivity contribution < 1.29 is 9.53 Å². The van der Waals surface area contributed by atoms with E-state index in [2.05, 4.69) is 11.0 Å². The third-order valence-corrected chi connectivity index (χ3v) is 3.87. The summed E-state index contributed by atoms with van der Waals surface area (Å²) in [7, 11) is 0. The van der Waals surface area contributed by atoms with Crippen LogP contribution < -0.4 is 10.5 Å². The normalized spacial score (nSPS) is 16.3. The van der Waals surface area contributed by atoms with Gasteiger partial charge in [0.15, 0.2) is 0 Å². The molecule has 1 aliphatic rings. The maximum atomic E-state index is 11.1. The van der Waals surface area contributed by atoms with Crippen molar-refractivity contribution in [2.45, 2.75) is 19.3 Å². The number of likely N-dealkylation sites (tertiary alicyclic amines) is 1. The first-order valence-electron chi connectivity index (χ1n) is 7.34. The monoisotopic (exact) mass is 287 g/mol. The molecule has 0 atom stereocenters. The van der Waals surface area contributed by atoms with E-state index in [-0.39, 0.29) is 11.8 Å². The fourth-order valence-electron chi connectivity index (χ4n) is 2.60. The third-order valence-electron chi connectivity index (χ3n) is 3.87. The molecule has 1 amide bonds. The molecule has 1 aromatic carbocycles. The first-order valence-corrected chi connectivity index (χ1v) is 7.34. The highest BCUT2D eigenvalue weighted by molar-refractivity contribution is 5.76. The lowest BCUT2D eigenvalue weighted by Gasteiger charge is -2.30. The largest absolute Gasteiger partial charge is 0.492 e. The summed E-state index contributed by atoms with van der Waals surface area (Å²) in [6.07, 6.45) is 2.61. The Morgan fingerprint density at radius 3 is 2.76 bits per heavy atom. The minimum absolute atomic E-state index is 0.0417. The summed E-state index contributed by atoms with van der Waals surface area (Å²) < 4.78 is 5.66. The molecule has 1 aromatic rings. The van der Waals surface area contributed by atoms with Gasteiger partial charge in [0.2, 0.25) is 5.91 Å². The number of amides is 1. The van der Waals surface area contributed by atoms with Crippen LogP contribution in [-0.4, -0.2) is 37.0 Å². The second-order valence-corrected chi connectivity index (χ2v) is 5.33. The zero-order chi connectivity index (χ0) is 15.1. The van der Waals surface area contributed by atoms with Crippen LogP contribution in [0.5, 0.6) is 5.75 Å². The van der Waals surface area contributed by atoms with Crippen molar-refractivity contribution in [3.05, 3.63) is 29.8 Å². The highest BCUT2D eigenvalue weighted by atomic mass is 16.5. The smallest absolute Gasteiger partial charge is 0.220 e. The summed E-state index contributed by atoms with van der Waals surface area (Å²) in [4.78, 5) is 13.4. The van der Waals surface area contributed by atoms with E-state index in [0.29, 0.717) is 17.9 Å². The lowest BCUT2D eigenvalue weighted by molar-refractivity contribution is -0.123. The SMILES string of the molecule is N#Cc1ccccc1OCCCN1CCC(C(N)=O)CC1. The first kappa shape index (κ1) is 15.3. The van der Waals surface area contributed by atoms with Crippen molar-refractivity contribution in [2.24, 2.45) is 11.7 Å². The maximum absolute atomic E-state index is 11.1. The standard InChI is InChI=1S/C16H21N3O2/c17-12-14-4-1-2-5-15(14)21-11-3-8-19-9-6-13(7-10-19)16(18)20/h1-2,4-5,13H,3,6-11H2,(H2,18,20). The number of nitrogens with zero attached hydrogens (tertiary/aromatic N) is 2. The zero-order valence-corrected chi connectivity index (χ0v) is 12.1. The van der Waals surface area contributed by atoms with Crippen molar-refractivity contribution in [1.82, 2.24) is 4.90 Å². The fourth-order valence-corrected chi connectivity index (χ4v) is 2.60. The number of carbonyl (C=O) groups is 1. The minimum Gasteiger partial charge on any atom is -0.492 e. The number of ether oxygens (including phenoxy) is 1. The van der Waals surface area contributed by atoms with E-state index in [1.807, 2.05) is 18.2 Å². The fraction of sp³-hybridized carbons (Fsp3) is 0.500. The van der Waals surface area contributed by atoms with E-state index in [9.17, 15) is 4.79 Å². The van der Waals surface area contributed by atoms with Gasteiger partial charge in [0, 0.05) is 12.5 Å². The van der Waals surface area contributed by atoms with Crippen LogP contribution in [0.1, 0.15) is 24.8 Å². The topological polar surface area (TPSA) is 79.3 Å². The molecule has 0 aromatic heterocycles. The Kier molecular flexibility index (Phi) is 5.59.